The molecule has 9 rings (SSSR count). The molecule has 4 aromatic carbocycles. The highest BCUT2D eigenvalue weighted by atomic mass is 32.1. The molecule has 4 atom stereocenters. The fraction of sp³-hybridized carbons (Fsp3) is 0.390. The molecular weight excluding hydrogens is 1040 g/mol. The number of anilines is 6. The summed E-state index contributed by atoms with van der Waals surface area (Å²) in [6, 6.07) is 26.0. The average Bonchev–Trinajstić information content (AvgIpc) is 4.11. The van der Waals surface area contributed by atoms with Crippen LogP contribution in [0.3, 0.4) is 0 Å². The van der Waals surface area contributed by atoms with Crippen molar-refractivity contribution in [1.82, 2.24) is 35.4 Å². The first-order valence-electron chi connectivity index (χ1n) is 26.9. The molecule has 21 heteroatoms. The zero-order valence-corrected chi connectivity index (χ0v) is 47.3. The molecule has 2 aromatic heterocycles. The SMILES string of the molecule is CCC(=O)Nc1ccc(CN2C(=O)N(c3cc(OC)cc(OC)c3)Cc3cnc(Nc4ccc(N5CCN(CC(=O)NC(C(=O)N6C[C@H](O)C[C@H]6C(=O)NC(C)c6ccc(-c7scnc7C)cc6)C(C)(C)C)CC5)cc4)nc32)cc1. The molecule has 3 aliphatic rings. The maximum atomic E-state index is 14.5. The number of piperazine rings is 1. The number of urea groups is 1. The smallest absolute Gasteiger partial charge is 0.330 e. The van der Waals surface area contributed by atoms with Crippen LogP contribution >= 0.6 is 11.3 Å². The average molecular weight is 1110 g/mol. The Morgan fingerprint density at radius 1 is 0.838 bits per heavy atom. The Morgan fingerprint density at radius 2 is 1.51 bits per heavy atom. The van der Waals surface area contributed by atoms with Gasteiger partial charge in [-0.2, -0.15) is 4.98 Å². The summed E-state index contributed by atoms with van der Waals surface area (Å²) in [4.78, 5) is 92.5. The number of β-amino-alcohol motifs (C(OH)–C–C–N with tert-alkyl or cyclic N) is 1. The minimum absolute atomic E-state index is 0.0129. The van der Waals surface area contributed by atoms with Gasteiger partial charge < -0.3 is 45.6 Å². The summed E-state index contributed by atoms with van der Waals surface area (Å²) >= 11 is 1.57. The van der Waals surface area contributed by atoms with Crippen molar-refractivity contribution in [2.45, 2.75) is 91.7 Å². The lowest BCUT2D eigenvalue weighted by Gasteiger charge is -2.38. The highest BCUT2D eigenvalue weighted by Crippen LogP contribution is 2.37. The Morgan fingerprint density at radius 3 is 2.14 bits per heavy atom. The molecule has 5 heterocycles. The van der Waals surface area contributed by atoms with Gasteiger partial charge in [-0.1, -0.05) is 64.1 Å². The zero-order valence-electron chi connectivity index (χ0n) is 46.5. The maximum absolute atomic E-state index is 14.5. The van der Waals surface area contributed by atoms with Gasteiger partial charge in [0.05, 0.1) is 67.8 Å². The largest absolute Gasteiger partial charge is 0.497 e. The zero-order chi connectivity index (χ0) is 56.8. The number of aryl methyl sites for hydroxylation is 1. The Hall–Kier alpha value is -8.14. The van der Waals surface area contributed by atoms with Gasteiger partial charge in [0.15, 0.2) is 0 Å². The van der Waals surface area contributed by atoms with E-state index in [1.54, 1.807) is 66.7 Å². The topological polar surface area (TPSA) is 227 Å². The van der Waals surface area contributed by atoms with Crippen LogP contribution in [0.2, 0.25) is 0 Å². The van der Waals surface area contributed by atoms with Gasteiger partial charge in [0.1, 0.15) is 29.4 Å². The summed E-state index contributed by atoms with van der Waals surface area (Å²) in [7, 11) is 3.11. The highest BCUT2D eigenvalue weighted by molar-refractivity contribution is 7.13. The number of rotatable bonds is 18. The van der Waals surface area contributed by atoms with Crippen LogP contribution in [0.4, 0.5) is 39.3 Å². The molecule has 20 nitrogen and oxygen atoms in total. The van der Waals surface area contributed by atoms with Crippen LogP contribution in [0.15, 0.2) is 103 Å². The number of amides is 6. The number of aromatic nitrogens is 3. The molecule has 2 fully saturated rings. The molecule has 0 bridgehead atoms. The second-order valence-electron chi connectivity index (χ2n) is 21.5. The molecule has 0 spiro atoms. The molecule has 0 radical (unpaired) electrons. The number of fused-ring (bicyclic) bond motifs is 1. The summed E-state index contributed by atoms with van der Waals surface area (Å²) in [5, 5.41) is 23.0. The number of carbonyl (C=O) groups is 5. The Labute approximate surface area is 470 Å². The lowest BCUT2D eigenvalue weighted by molar-refractivity contribution is -0.144. The molecule has 5 N–H and O–H groups in total. The van der Waals surface area contributed by atoms with Gasteiger partial charge in [0.2, 0.25) is 29.6 Å². The van der Waals surface area contributed by atoms with Crippen molar-refractivity contribution < 1.29 is 38.6 Å². The summed E-state index contributed by atoms with van der Waals surface area (Å²) in [6.07, 6.45) is 1.28. The van der Waals surface area contributed by atoms with Gasteiger partial charge in [-0.3, -0.25) is 33.9 Å². The molecule has 0 saturated carbocycles. The van der Waals surface area contributed by atoms with E-state index in [0.717, 1.165) is 44.2 Å². The van der Waals surface area contributed by atoms with Crippen LogP contribution in [0.1, 0.15) is 75.9 Å². The summed E-state index contributed by atoms with van der Waals surface area (Å²) in [5.74, 6) is 0.666. The van der Waals surface area contributed by atoms with E-state index in [2.05, 4.69) is 41.0 Å². The molecule has 80 heavy (non-hydrogen) atoms. The number of nitrogens with zero attached hydrogens (tertiary/aromatic N) is 8. The Balaban J connectivity index is 0.802. The summed E-state index contributed by atoms with van der Waals surface area (Å²) in [5.41, 5.74) is 8.55. The van der Waals surface area contributed by atoms with Gasteiger partial charge in [0.25, 0.3) is 0 Å². The third kappa shape index (κ3) is 13.1. The van der Waals surface area contributed by atoms with Gasteiger partial charge >= 0.3 is 6.03 Å². The van der Waals surface area contributed by atoms with Crippen molar-refractivity contribution in [3.05, 3.63) is 125 Å². The summed E-state index contributed by atoms with van der Waals surface area (Å²) < 4.78 is 11.1. The van der Waals surface area contributed by atoms with Crippen LogP contribution in [-0.2, 0) is 32.3 Å². The van der Waals surface area contributed by atoms with E-state index < -0.39 is 29.5 Å². The number of likely N-dealkylation sites (tertiary alicyclic amines) is 1. The number of methoxy groups -OCH3 is 2. The fourth-order valence-electron chi connectivity index (χ4n) is 10.2. The number of benzene rings is 4. The van der Waals surface area contributed by atoms with Crippen molar-refractivity contribution in [3.63, 3.8) is 0 Å². The molecule has 6 amide bonds. The van der Waals surface area contributed by atoms with Crippen LogP contribution in [0.25, 0.3) is 10.4 Å². The number of thiazole rings is 1. The molecule has 420 valence electrons. The first-order chi connectivity index (χ1) is 38.4. The van der Waals surface area contributed by atoms with Crippen molar-refractivity contribution in [3.8, 4) is 21.9 Å². The van der Waals surface area contributed by atoms with Crippen molar-refractivity contribution in [2.75, 3.05) is 78.8 Å². The van der Waals surface area contributed by atoms with Crippen LogP contribution < -0.4 is 45.4 Å². The first-order valence-corrected chi connectivity index (χ1v) is 27.8. The number of aliphatic hydroxyl groups is 1. The van der Waals surface area contributed by atoms with Crippen LogP contribution in [0, 0.1) is 12.3 Å². The highest BCUT2D eigenvalue weighted by Gasteiger charge is 2.45. The van der Waals surface area contributed by atoms with E-state index in [1.165, 1.54) is 4.90 Å². The minimum atomic E-state index is -0.941. The van der Waals surface area contributed by atoms with Gasteiger partial charge in [-0.15, -0.1) is 11.3 Å². The van der Waals surface area contributed by atoms with Crippen LogP contribution in [0.5, 0.6) is 11.5 Å². The van der Waals surface area contributed by atoms with Crippen molar-refractivity contribution >= 4 is 75.5 Å². The monoisotopic (exact) mass is 1110 g/mol. The first kappa shape index (κ1) is 56.6. The third-order valence-electron chi connectivity index (χ3n) is 14.7. The standard InChI is InChI=1S/C59H70N12O8S/c1-9-50(73)63-42-16-10-38(11-17-42)31-71-54-41(32-69(58(71)77)45-26-47(78-7)29-48(27-45)79-8)30-60-57(66-54)64-43-18-20-44(21-19-43)68-24-22-67(23-25-68)34-51(74)65-53(59(4,5)6)56(76)70-33-46(72)28-49(70)55(75)62-36(2)39-12-14-40(15-13-39)52-37(3)61-35-80-52/h10-21,26-27,29-30,35-36,46,49,53,72H,9,22-25,28,31-34H2,1-8H3,(H,62,75)(H,63,73)(H,65,74)(H,60,64,66)/t36?,46-,49+,53?/m1/s1. The molecule has 2 unspecified atom stereocenters. The molecule has 2 saturated heterocycles. The number of ether oxygens (including phenoxy) is 2. The van der Waals surface area contributed by atoms with Crippen molar-refractivity contribution in [2.24, 2.45) is 5.41 Å². The second kappa shape index (κ2) is 24.5. The number of hydrogen-bond donors (Lipinski definition) is 5. The predicted molar refractivity (Wildman–Crippen MR) is 309 cm³/mol. The van der Waals surface area contributed by atoms with Gasteiger partial charge in [0, 0.05) is 92.6 Å². The normalized spacial score (nSPS) is 17.3. The molecular formula is C59H70N12O8S. The van der Waals surface area contributed by atoms with E-state index >= 15 is 0 Å². The van der Waals surface area contributed by atoms with Crippen LogP contribution in [-0.4, -0.2) is 131 Å². The Kier molecular flexibility index (Phi) is 17.3. The number of aliphatic hydroxyl groups excluding tert-OH is 1. The maximum Gasteiger partial charge on any atom is 0.330 e. The minimum Gasteiger partial charge on any atom is -0.497 e. The van der Waals surface area contributed by atoms with E-state index in [9.17, 15) is 29.1 Å². The fourth-order valence-corrected chi connectivity index (χ4v) is 11.0. The Bertz CT molecular complexity index is 3170. The van der Waals surface area contributed by atoms with Gasteiger partial charge in [-0.25, -0.2) is 14.8 Å². The number of carbonyl (C=O) groups excluding carboxylic acids is 5. The lowest BCUT2D eigenvalue weighted by atomic mass is 9.85. The second-order valence-corrected chi connectivity index (χ2v) is 22.3. The third-order valence-corrected chi connectivity index (χ3v) is 15.7. The summed E-state index contributed by atoms with van der Waals surface area (Å²) in [6.45, 7) is 14.3. The van der Waals surface area contributed by atoms with E-state index in [-0.39, 0.29) is 62.4 Å². The molecule has 0 aliphatic carbocycles. The quantitative estimate of drug-likeness (QED) is 0.0557. The number of hydrogen-bond acceptors (Lipinski definition) is 15. The van der Waals surface area contributed by atoms with Gasteiger partial charge in [-0.05, 0) is 72.4 Å². The molecule has 3 aliphatic heterocycles. The van der Waals surface area contributed by atoms with E-state index in [1.807, 2.05) is 113 Å². The van der Waals surface area contributed by atoms with E-state index in [4.69, 9.17) is 14.5 Å². The lowest BCUT2D eigenvalue weighted by Crippen LogP contribution is -2.59. The predicted octanol–water partition coefficient (Wildman–Crippen LogP) is 7.66. The van der Waals surface area contributed by atoms with E-state index in [0.29, 0.717) is 67.2 Å². The number of nitrogens with one attached hydrogen (secondary N) is 4. The molecule has 6 aromatic rings. The van der Waals surface area contributed by atoms with Crippen molar-refractivity contribution in [1.29, 1.82) is 0 Å².